The van der Waals surface area contributed by atoms with Crippen LogP contribution in [0.3, 0.4) is 0 Å². The molecule has 2 aromatic carbocycles. The van der Waals surface area contributed by atoms with Gasteiger partial charge in [-0.15, -0.1) is 0 Å². The van der Waals surface area contributed by atoms with Crippen LogP contribution in [0.1, 0.15) is 11.1 Å². The lowest BCUT2D eigenvalue weighted by Crippen LogP contribution is -2.12. The average Bonchev–Trinajstić information content (AvgIpc) is 3.35. The summed E-state index contributed by atoms with van der Waals surface area (Å²) in [6.45, 7) is 1.61. The fourth-order valence-electron chi connectivity index (χ4n) is 2.72. The number of nitrogens with zero attached hydrogens (tertiary/aromatic N) is 4. The number of para-hydroxylation sites is 1. The smallest absolute Gasteiger partial charge is 0.0991 e. The fourth-order valence-corrected chi connectivity index (χ4v) is 2.72. The van der Waals surface area contributed by atoms with E-state index in [1.165, 1.54) is 11.1 Å². The lowest BCUT2D eigenvalue weighted by molar-refractivity contribution is 0.693. The molecule has 0 aliphatic heterocycles. The molecule has 0 radical (unpaired) electrons. The molecule has 4 rings (SSSR count). The van der Waals surface area contributed by atoms with Gasteiger partial charge < -0.3 is 9.88 Å². The predicted octanol–water partition coefficient (Wildman–Crippen LogP) is 3.35. The van der Waals surface area contributed by atoms with E-state index in [1.54, 1.807) is 12.5 Å². The number of imidazole rings is 1. The van der Waals surface area contributed by atoms with Crippen LogP contribution in [0.15, 0.2) is 85.7 Å². The van der Waals surface area contributed by atoms with Gasteiger partial charge in [-0.1, -0.05) is 30.3 Å². The van der Waals surface area contributed by atoms with Crippen molar-refractivity contribution in [2.24, 2.45) is 0 Å². The Morgan fingerprint density at radius 3 is 2.40 bits per heavy atom. The van der Waals surface area contributed by atoms with Gasteiger partial charge in [0.1, 0.15) is 0 Å². The van der Waals surface area contributed by atoms with Crippen LogP contribution in [0.5, 0.6) is 0 Å². The molecule has 0 unspecified atom stereocenters. The van der Waals surface area contributed by atoms with Gasteiger partial charge in [-0.05, 0) is 29.8 Å². The van der Waals surface area contributed by atoms with Crippen LogP contribution in [0, 0.1) is 0 Å². The minimum atomic E-state index is 0.788. The number of rotatable bonds is 6. The highest BCUT2D eigenvalue weighted by Crippen LogP contribution is 2.10. The van der Waals surface area contributed by atoms with Crippen molar-refractivity contribution in [3.63, 3.8) is 0 Å². The summed E-state index contributed by atoms with van der Waals surface area (Å²) in [6.07, 6.45) is 9.49. The highest BCUT2D eigenvalue weighted by Gasteiger charge is 2.01. The van der Waals surface area contributed by atoms with Gasteiger partial charge in [0, 0.05) is 42.9 Å². The normalized spacial score (nSPS) is 10.9. The number of nitrogens with one attached hydrogen (secondary N) is 1. The second-order valence-corrected chi connectivity index (χ2v) is 5.87. The number of hydrogen-bond acceptors (Lipinski definition) is 3. The predicted molar refractivity (Wildman–Crippen MR) is 97.7 cm³/mol. The van der Waals surface area contributed by atoms with Crippen molar-refractivity contribution in [1.29, 1.82) is 0 Å². The minimum Gasteiger partial charge on any atom is -0.309 e. The van der Waals surface area contributed by atoms with Crippen molar-refractivity contribution in [3.05, 3.63) is 96.8 Å². The van der Waals surface area contributed by atoms with Gasteiger partial charge in [-0.2, -0.15) is 5.10 Å². The average molecular weight is 329 g/mol. The molecule has 1 N–H and O–H groups in total. The Kier molecular flexibility index (Phi) is 4.39. The maximum atomic E-state index is 4.42. The van der Waals surface area contributed by atoms with E-state index < -0.39 is 0 Å². The number of hydrogen-bond donors (Lipinski definition) is 1. The molecule has 0 bridgehead atoms. The standard InChI is InChI=1S/C20H19N5/c1-2-4-20(5-3-1)25-15-18(14-23-25)13-22-12-17-6-8-19(9-7-17)24-11-10-21-16-24/h1-11,14-16,22H,12-13H2. The molecule has 0 fully saturated rings. The van der Waals surface area contributed by atoms with Crippen molar-refractivity contribution < 1.29 is 0 Å². The molecule has 25 heavy (non-hydrogen) atoms. The first-order valence-corrected chi connectivity index (χ1v) is 8.25. The summed E-state index contributed by atoms with van der Waals surface area (Å²) < 4.78 is 3.89. The Balaban J connectivity index is 1.33. The fraction of sp³-hybridized carbons (Fsp3) is 0.100. The summed E-state index contributed by atoms with van der Waals surface area (Å²) in [5.41, 5.74) is 4.60. The van der Waals surface area contributed by atoms with E-state index in [1.807, 2.05) is 52.0 Å². The highest BCUT2D eigenvalue weighted by atomic mass is 15.3. The van der Waals surface area contributed by atoms with Crippen LogP contribution >= 0.6 is 0 Å². The molecule has 124 valence electrons. The zero-order valence-electron chi connectivity index (χ0n) is 13.8. The summed E-state index contributed by atoms with van der Waals surface area (Å²) in [5.74, 6) is 0. The van der Waals surface area contributed by atoms with Gasteiger partial charge in [-0.3, -0.25) is 0 Å². The summed E-state index contributed by atoms with van der Waals surface area (Å²) in [6, 6.07) is 18.6. The maximum Gasteiger partial charge on any atom is 0.0991 e. The highest BCUT2D eigenvalue weighted by molar-refractivity contribution is 5.34. The molecule has 0 spiro atoms. The molecule has 0 aliphatic carbocycles. The third-order valence-electron chi connectivity index (χ3n) is 4.05. The van der Waals surface area contributed by atoms with Crippen LogP contribution in [0.2, 0.25) is 0 Å². The third kappa shape index (κ3) is 3.67. The molecule has 2 aromatic heterocycles. The summed E-state index contributed by atoms with van der Waals surface area (Å²) in [5, 5.41) is 7.88. The molecule has 0 saturated heterocycles. The van der Waals surface area contributed by atoms with E-state index in [0.717, 1.165) is 24.5 Å². The minimum absolute atomic E-state index is 0.788. The summed E-state index contributed by atoms with van der Waals surface area (Å²) >= 11 is 0. The zero-order valence-corrected chi connectivity index (χ0v) is 13.8. The third-order valence-corrected chi connectivity index (χ3v) is 4.05. The second-order valence-electron chi connectivity index (χ2n) is 5.87. The molecule has 5 heteroatoms. The lowest BCUT2D eigenvalue weighted by atomic mass is 10.2. The van der Waals surface area contributed by atoms with Crippen LogP contribution < -0.4 is 5.32 Å². The Bertz CT molecular complexity index is 908. The molecule has 0 aliphatic rings. The first-order valence-electron chi connectivity index (χ1n) is 8.25. The Morgan fingerprint density at radius 1 is 0.840 bits per heavy atom. The Hall–Kier alpha value is -3.18. The molecule has 0 atom stereocenters. The van der Waals surface area contributed by atoms with Crippen LogP contribution in [0.25, 0.3) is 11.4 Å². The van der Waals surface area contributed by atoms with Crippen LogP contribution in [-0.2, 0) is 13.1 Å². The topological polar surface area (TPSA) is 47.7 Å². The first-order chi connectivity index (χ1) is 12.4. The lowest BCUT2D eigenvalue weighted by Gasteiger charge is -2.06. The Labute approximate surface area is 146 Å². The van der Waals surface area contributed by atoms with Gasteiger partial charge in [0.15, 0.2) is 0 Å². The summed E-state index contributed by atoms with van der Waals surface area (Å²) in [7, 11) is 0. The van der Waals surface area contributed by atoms with E-state index >= 15 is 0 Å². The van der Waals surface area contributed by atoms with Crippen LogP contribution in [-0.4, -0.2) is 19.3 Å². The van der Waals surface area contributed by atoms with Crippen molar-refractivity contribution in [3.8, 4) is 11.4 Å². The molecule has 2 heterocycles. The molecule has 5 nitrogen and oxygen atoms in total. The van der Waals surface area contributed by atoms with Gasteiger partial charge in [0.05, 0.1) is 18.2 Å². The van der Waals surface area contributed by atoms with E-state index in [9.17, 15) is 0 Å². The van der Waals surface area contributed by atoms with Crippen LogP contribution in [0.4, 0.5) is 0 Å². The number of benzene rings is 2. The number of aromatic nitrogens is 4. The van der Waals surface area contributed by atoms with Crippen molar-refractivity contribution in [2.45, 2.75) is 13.1 Å². The zero-order chi connectivity index (χ0) is 16.9. The first kappa shape index (κ1) is 15.4. The quantitative estimate of drug-likeness (QED) is 0.590. The largest absolute Gasteiger partial charge is 0.309 e. The van der Waals surface area contributed by atoms with Crippen molar-refractivity contribution in [1.82, 2.24) is 24.6 Å². The summed E-state index contributed by atoms with van der Waals surface area (Å²) in [4.78, 5) is 4.07. The maximum absolute atomic E-state index is 4.42. The molecular weight excluding hydrogens is 310 g/mol. The molecule has 0 amide bonds. The van der Waals surface area contributed by atoms with E-state index in [-0.39, 0.29) is 0 Å². The van der Waals surface area contributed by atoms with Gasteiger partial charge >= 0.3 is 0 Å². The van der Waals surface area contributed by atoms with Crippen molar-refractivity contribution >= 4 is 0 Å². The van der Waals surface area contributed by atoms with E-state index in [4.69, 9.17) is 0 Å². The SMILES string of the molecule is c1ccc(-n2cc(CNCc3ccc(-n4ccnc4)cc3)cn2)cc1. The van der Waals surface area contributed by atoms with Gasteiger partial charge in [-0.25, -0.2) is 9.67 Å². The molecular formula is C20H19N5. The second kappa shape index (κ2) is 7.15. The molecule has 0 saturated carbocycles. The van der Waals surface area contributed by atoms with Gasteiger partial charge in [0.25, 0.3) is 0 Å². The van der Waals surface area contributed by atoms with E-state index in [2.05, 4.69) is 45.9 Å². The Morgan fingerprint density at radius 2 is 1.64 bits per heavy atom. The van der Waals surface area contributed by atoms with Gasteiger partial charge in [0.2, 0.25) is 0 Å². The van der Waals surface area contributed by atoms with E-state index in [0.29, 0.717) is 0 Å². The van der Waals surface area contributed by atoms with Crippen molar-refractivity contribution in [2.75, 3.05) is 0 Å². The monoisotopic (exact) mass is 329 g/mol. The molecule has 4 aromatic rings.